The normalized spacial score (nSPS) is 10.8. The zero-order chi connectivity index (χ0) is 13.4. The summed E-state index contributed by atoms with van der Waals surface area (Å²) in [6, 6.07) is 1.88. The minimum Gasteiger partial charge on any atom is -0.619 e. The van der Waals surface area contributed by atoms with Crippen LogP contribution in [0.3, 0.4) is 0 Å². The molecular formula is C13H21NO3S. The lowest BCUT2D eigenvalue weighted by Crippen LogP contribution is -2.30. The van der Waals surface area contributed by atoms with Crippen LogP contribution in [-0.2, 0) is 9.47 Å². The minimum absolute atomic E-state index is 0.646. The van der Waals surface area contributed by atoms with Gasteiger partial charge in [-0.15, -0.1) is 11.8 Å². The van der Waals surface area contributed by atoms with Crippen LogP contribution in [0.25, 0.3) is 0 Å². The third kappa shape index (κ3) is 4.84. The molecule has 0 aliphatic carbocycles. The maximum Gasteiger partial charge on any atom is 0.193 e. The highest BCUT2D eigenvalue weighted by molar-refractivity contribution is 7.99. The molecule has 0 radical (unpaired) electrons. The number of aromatic nitrogens is 1. The molecule has 0 aliphatic heterocycles. The lowest BCUT2D eigenvalue weighted by Gasteiger charge is -2.08. The number of thioether (sulfide) groups is 1. The zero-order valence-corrected chi connectivity index (χ0v) is 12.1. The molecular weight excluding hydrogens is 250 g/mol. The Kier molecular flexibility index (Phi) is 7.08. The molecule has 0 saturated heterocycles. The highest BCUT2D eigenvalue weighted by Gasteiger charge is 2.08. The second-order valence-corrected chi connectivity index (χ2v) is 5.16. The van der Waals surface area contributed by atoms with E-state index in [9.17, 15) is 5.21 Å². The average Bonchev–Trinajstić information content (AvgIpc) is 2.37. The van der Waals surface area contributed by atoms with Crippen molar-refractivity contribution in [3.8, 4) is 0 Å². The monoisotopic (exact) mass is 271 g/mol. The maximum absolute atomic E-state index is 11.3. The number of hydrogen-bond acceptors (Lipinski definition) is 4. The summed E-state index contributed by atoms with van der Waals surface area (Å²) < 4.78 is 11.2. The molecule has 0 bridgehead atoms. The zero-order valence-electron chi connectivity index (χ0n) is 11.3. The van der Waals surface area contributed by atoms with Crippen molar-refractivity contribution < 1.29 is 14.2 Å². The highest BCUT2D eigenvalue weighted by atomic mass is 32.2. The maximum atomic E-state index is 11.3. The molecule has 0 fully saturated rings. The quantitative estimate of drug-likeness (QED) is 0.314. The fourth-order valence-electron chi connectivity index (χ4n) is 1.46. The van der Waals surface area contributed by atoms with Gasteiger partial charge in [-0.25, -0.2) is 0 Å². The molecule has 1 aromatic rings. The van der Waals surface area contributed by atoms with E-state index >= 15 is 0 Å². The standard InChI is InChI=1S/C13H21NO3S/c1-11-12(2)14(15)6-5-13(11)18-10-4-7-17-9-8-16-3/h5-6H,4,7-10H2,1-3H3. The van der Waals surface area contributed by atoms with Crippen molar-refractivity contribution in [3.05, 3.63) is 28.7 Å². The third-order valence-corrected chi connectivity index (χ3v) is 3.97. The summed E-state index contributed by atoms with van der Waals surface area (Å²) in [5.74, 6) is 0.996. The fourth-order valence-corrected chi connectivity index (χ4v) is 2.46. The van der Waals surface area contributed by atoms with Gasteiger partial charge in [-0.3, -0.25) is 0 Å². The van der Waals surface area contributed by atoms with Crippen LogP contribution in [0.2, 0.25) is 0 Å². The number of ether oxygens (including phenoxy) is 2. The Bertz CT molecular complexity index is 371. The van der Waals surface area contributed by atoms with E-state index in [0.29, 0.717) is 13.2 Å². The fraction of sp³-hybridized carbons (Fsp3) is 0.615. The lowest BCUT2D eigenvalue weighted by molar-refractivity contribution is -0.613. The van der Waals surface area contributed by atoms with Crippen molar-refractivity contribution in [2.75, 3.05) is 32.7 Å². The first kappa shape index (κ1) is 15.3. The molecule has 0 N–H and O–H groups in total. The van der Waals surface area contributed by atoms with Gasteiger partial charge in [-0.2, -0.15) is 4.73 Å². The Morgan fingerprint density at radius 2 is 2.06 bits per heavy atom. The molecule has 0 aliphatic rings. The van der Waals surface area contributed by atoms with Crippen molar-refractivity contribution in [2.24, 2.45) is 0 Å². The van der Waals surface area contributed by atoms with E-state index in [4.69, 9.17) is 9.47 Å². The molecule has 1 heterocycles. The van der Waals surface area contributed by atoms with Crippen LogP contribution in [0, 0.1) is 19.1 Å². The van der Waals surface area contributed by atoms with E-state index in [0.717, 1.165) is 34.8 Å². The number of pyridine rings is 1. The second-order valence-electron chi connectivity index (χ2n) is 4.02. The van der Waals surface area contributed by atoms with Crippen LogP contribution in [0.15, 0.2) is 17.2 Å². The average molecular weight is 271 g/mol. The third-order valence-electron chi connectivity index (χ3n) is 2.73. The van der Waals surface area contributed by atoms with Gasteiger partial charge in [0.05, 0.1) is 13.2 Å². The van der Waals surface area contributed by atoms with E-state index in [1.807, 2.05) is 19.9 Å². The van der Waals surface area contributed by atoms with E-state index in [2.05, 4.69) is 0 Å². The summed E-state index contributed by atoms with van der Waals surface area (Å²) in [7, 11) is 1.67. The molecule has 1 rings (SSSR count). The first-order valence-electron chi connectivity index (χ1n) is 6.05. The summed E-state index contributed by atoms with van der Waals surface area (Å²) in [6.45, 7) is 5.89. The summed E-state index contributed by atoms with van der Waals surface area (Å²) >= 11 is 1.77. The SMILES string of the molecule is COCCOCCCSc1cc[n+]([O-])c(C)c1C. The highest BCUT2D eigenvalue weighted by Crippen LogP contribution is 2.23. The van der Waals surface area contributed by atoms with Gasteiger partial charge in [0.2, 0.25) is 0 Å². The number of nitrogens with zero attached hydrogens (tertiary/aromatic N) is 1. The van der Waals surface area contributed by atoms with Crippen LogP contribution in [0.4, 0.5) is 0 Å². The van der Waals surface area contributed by atoms with Gasteiger partial charge in [0, 0.05) is 42.9 Å². The van der Waals surface area contributed by atoms with Gasteiger partial charge >= 0.3 is 0 Å². The predicted molar refractivity (Wildman–Crippen MR) is 72.9 cm³/mol. The molecule has 0 amide bonds. The molecule has 0 unspecified atom stereocenters. The van der Waals surface area contributed by atoms with E-state index in [1.54, 1.807) is 25.1 Å². The Hall–Kier alpha value is -0.780. The van der Waals surface area contributed by atoms with E-state index < -0.39 is 0 Å². The molecule has 0 spiro atoms. The minimum atomic E-state index is 0.646. The molecule has 0 atom stereocenters. The molecule has 0 saturated carbocycles. The molecule has 18 heavy (non-hydrogen) atoms. The Balaban J connectivity index is 2.25. The van der Waals surface area contributed by atoms with Gasteiger partial charge in [0.1, 0.15) is 0 Å². The van der Waals surface area contributed by atoms with Crippen LogP contribution in [0.1, 0.15) is 17.7 Å². The molecule has 0 aromatic carbocycles. The molecule has 5 heteroatoms. The lowest BCUT2D eigenvalue weighted by atomic mass is 10.2. The summed E-state index contributed by atoms with van der Waals surface area (Å²) in [5.41, 5.74) is 1.84. The van der Waals surface area contributed by atoms with Crippen molar-refractivity contribution in [3.63, 3.8) is 0 Å². The number of methoxy groups -OCH3 is 1. The first-order chi connectivity index (χ1) is 8.66. The molecule has 1 aromatic heterocycles. The van der Waals surface area contributed by atoms with E-state index in [1.165, 1.54) is 4.90 Å². The second kappa shape index (κ2) is 8.34. The summed E-state index contributed by atoms with van der Waals surface area (Å²) in [6.07, 6.45) is 2.57. The van der Waals surface area contributed by atoms with Gasteiger partial charge < -0.3 is 14.7 Å². The van der Waals surface area contributed by atoms with Crippen LogP contribution in [-0.4, -0.2) is 32.7 Å². The van der Waals surface area contributed by atoms with Crippen LogP contribution < -0.4 is 4.73 Å². The Morgan fingerprint density at radius 3 is 2.78 bits per heavy atom. The smallest absolute Gasteiger partial charge is 0.193 e. The van der Waals surface area contributed by atoms with Crippen LogP contribution >= 0.6 is 11.8 Å². The Labute approximate surface area is 113 Å². The topological polar surface area (TPSA) is 45.4 Å². The van der Waals surface area contributed by atoms with E-state index in [-0.39, 0.29) is 0 Å². The van der Waals surface area contributed by atoms with Crippen molar-refractivity contribution in [1.29, 1.82) is 0 Å². The molecule has 102 valence electrons. The van der Waals surface area contributed by atoms with Gasteiger partial charge in [-0.05, 0) is 13.3 Å². The summed E-state index contributed by atoms with van der Waals surface area (Å²) in [5, 5.41) is 11.3. The van der Waals surface area contributed by atoms with Gasteiger partial charge in [0.25, 0.3) is 0 Å². The molecule has 4 nitrogen and oxygen atoms in total. The van der Waals surface area contributed by atoms with Crippen LogP contribution in [0.5, 0.6) is 0 Å². The van der Waals surface area contributed by atoms with Gasteiger partial charge in [0.15, 0.2) is 11.9 Å². The Morgan fingerprint density at radius 1 is 1.28 bits per heavy atom. The van der Waals surface area contributed by atoms with Crippen molar-refractivity contribution in [1.82, 2.24) is 0 Å². The van der Waals surface area contributed by atoms with Crippen molar-refractivity contribution >= 4 is 11.8 Å². The first-order valence-corrected chi connectivity index (χ1v) is 7.04. The summed E-state index contributed by atoms with van der Waals surface area (Å²) in [4.78, 5) is 1.18. The van der Waals surface area contributed by atoms with Crippen molar-refractivity contribution in [2.45, 2.75) is 25.2 Å². The van der Waals surface area contributed by atoms with Gasteiger partial charge in [-0.1, -0.05) is 0 Å². The largest absolute Gasteiger partial charge is 0.619 e. The number of hydrogen-bond donors (Lipinski definition) is 0. The number of rotatable bonds is 8. The predicted octanol–water partition coefficient (Wildman–Crippen LogP) is 2.08.